The van der Waals surface area contributed by atoms with Crippen LogP contribution in [-0.4, -0.2) is 17.0 Å². The van der Waals surface area contributed by atoms with Crippen LogP contribution in [0.1, 0.15) is 36.8 Å². The van der Waals surface area contributed by atoms with Crippen molar-refractivity contribution in [1.29, 1.82) is 0 Å². The minimum atomic E-state index is 0.554. The lowest BCUT2D eigenvalue weighted by atomic mass is 9.82. The Kier molecular flexibility index (Phi) is 5.19. The molecule has 2 nitrogen and oxygen atoms in total. The summed E-state index contributed by atoms with van der Waals surface area (Å²) in [5.41, 5.74) is 4.25. The number of fused-ring (bicyclic) bond motifs is 2. The molecule has 2 heterocycles. The second-order valence-corrected chi connectivity index (χ2v) is 8.15. The number of benzene rings is 3. The van der Waals surface area contributed by atoms with Crippen molar-refractivity contribution in [1.82, 2.24) is 4.90 Å². The lowest BCUT2D eigenvalue weighted by Crippen LogP contribution is -2.47. The van der Waals surface area contributed by atoms with Crippen LogP contribution in [0.15, 0.2) is 91.0 Å². The average molecular weight is 382 g/mol. The lowest BCUT2D eigenvalue weighted by molar-refractivity contribution is 0.0951. The summed E-state index contributed by atoms with van der Waals surface area (Å²) in [5.74, 6) is 1.77. The van der Waals surface area contributed by atoms with Gasteiger partial charge in [0.2, 0.25) is 0 Å². The molecule has 2 heteroatoms. The maximum atomic E-state index is 5.95. The van der Waals surface area contributed by atoms with Crippen molar-refractivity contribution in [3.63, 3.8) is 0 Å². The number of hydrogen-bond acceptors (Lipinski definition) is 2. The predicted octanol–water partition coefficient (Wildman–Crippen LogP) is 6.69. The molecule has 29 heavy (non-hydrogen) atoms. The fourth-order valence-corrected chi connectivity index (χ4v) is 4.73. The number of rotatable bonds is 5. The predicted molar refractivity (Wildman–Crippen MR) is 119 cm³/mol. The monoisotopic (exact) mass is 381 g/mol. The third-order valence-corrected chi connectivity index (χ3v) is 6.19. The van der Waals surface area contributed by atoms with Gasteiger partial charge in [0.05, 0.1) is 0 Å². The Morgan fingerprint density at radius 3 is 2.17 bits per heavy atom. The van der Waals surface area contributed by atoms with E-state index in [1.54, 1.807) is 0 Å². The summed E-state index contributed by atoms with van der Waals surface area (Å²) in [6, 6.07) is 30.7. The molecule has 1 saturated heterocycles. The first-order valence-corrected chi connectivity index (χ1v) is 10.7. The standard InChI is InChI=1S/C27H27NO/c1-3-8-21(9-4-1)20-28-24-10-7-11-25(28)19-23(18-24)22-14-16-27(17-15-22)29-26-12-5-2-6-13-26/h1-6,8-9,12-18,24-25H,7,10-11,19-20H2. The summed E-state index contributed by atoms with van der Waals surface area (Å²) in [7, 11) is 0. The van der Waals surface area contributed by atoms with Crippen molar-refractivity contribution in [3.05, 3.63) is 102 Å². The molecule has 2 unspecified atom stereocenters. The molecule has 3 aromatic rings. The van der Waals surface area contributed by atoms with Gasteiger partial charge in [0.15, 0.2) is 0 Å². The molecule has 146 valence electrons. The third-order valence-electron chi connectivity index (χ3n) is 6.19. The zero-order chi connectivity index (χ0) is 19.5. The van der Waals surface area contributed by atoms with Crippen molar-refractivity contribution in [2.75, 3.05) is 0 Å². The van der Waals surface area contributed by atoms with Crippen LogP contribution in [0.4, 0.5) is 0 Å². The average Bonchev–Trinajstić information content (AvgIpc) is 2.76. The lowest BCUT2D eigenvalue weighted by Gasteiger charge is -2.45. The molecular weight excluding hydrogens is 354 g/mol. The highest BCUT2D eigenvalue weighted by Crippen LogP contribution is 2.38. The zero-order valence-electron chi connectivity index (χ0n) is 16.7. The Labute approximate surface area is 173 Å². The van der Waals surface area contributed by atoms with Gasteiger partial charge in [0.25, 0.3) is 0 Å². The van der Waals surface area contributed by atoms with Gasteiger partial charge in [-0.3, -0.25) is 4.90 Å². The van der Waals surface area contributed by atoms with E-state index >= 15 is 0 Å². The van der Waals surface area contributed by atoms with Crippen molar-refractivity contribution in [2.24, 2.45) is 0 Å². The van der Waals surface area contributed by atoms with Crippen LogP contribution in [0.3, 0.4) is 0 Å². The van der Waals surface area contributed by atoms with E-state index in [1.165, 1.54) is 36.0 Å². The number of nitrogens with zero attached hydrogens (tertiary/aromatic N) is 1. The molecule has 0 spiro atoms. The first kappa shape index (κ1) is 18.2. The Morgan fingerprint density at radius 2 is 1.45 bits per heavy atom. The van der Waals surface area contributed by atoms with Crippen LogP contribution >= 0.6 is 0 Å². The van der Waals surface area contributed by atoms with E-state index in [1.807, 2.05) is 30.3 Å². The Morgan fingerprint density at radius 1 is 0.759 bits per heavy atom. The fourth-order valence-electron chi connectivity index (χ4n) is 4.73. The molecule has 2 aliphatic rings. The maximum Gasteiger partial charge on any atom is 0.127 e. The summed E-state index contributed by atoms with van der Waals surface area (Å²) in [5, 5.41) is 0. The normalized spacial score (nSPS) is 21.4. The summed E-state index contributed by atoms with van der Waals surface area (Å²) in [6.45, 7) is 1.06. The first-order valence-electron chi connectivity index (χ1n) is 10.7. The highest BCUT2D eigenvalue weighted by atomic mass is 16.5. The van der Waals surface area contributed by atoms with E-state index in [2.05, 4.69) is 65.6 Å². The van der Waals surface area contributed by atoms with Gasteiger partial charge in [-0.05, 0) is 60.2 Å². The molecule has 2 aliphatic heterocycles. The van der Waals surface area contributed by atoms with E-state index in [-0.39, 0.29) is 0 Å². The van der Waals surface area contributed by atoms with Gasteiger partial charge in [-0.2, -0.15) is 0 Å². The fraction of sp³-hybridized carbons (Fsp3) is 0.259. The first-order chi connectivity index (χ1) is 14.3. The molecule has 0 aliphatic carbocycles. The van der Waals surface area contributed by atoms with E-state index in [0.717, 1.165) is 24.5 Å². The van der Waals surface area contributed by atoms with E-state index in [0.29, 0.717) is 12.1 Å². The molecule has 1 fully saturated rings. The molecule has 2 bridgehead atoms. The van der Waals surface area contributed by atoms with Gasteiger partial charge in [-0.15, -0.1) is 0 Å². The smallest absolute Gasteiger partial charge is 0.127 e. The van der Waals surface area contributed by atoms with Crippen LogP contribution in [0.25, 0.3) is 5.57 Å². The Hall–Kier alpha value is -2.84. The molecule has 3 aromatic carbocycles. The SMILES string of the molecule is C1=C(c2ccc(Oc3ccccc3)cc2)CC2CCCC1N2Cc1ccccc1. The van der Waals surface area contributed by atoms with Crippen molar-refractivity contribution in [3.8, 4) is 11.5 Å². The van der Waals surface area contributed by atoms with Crippen LogP contribution in [0.5, 0.6) is 11.5 Å². The summed E-state index contributed by atoms with van der Waals surface area (Å²) >= 11 is 0. The third kappa shape index (κ3) is 4.13. The van der Waals surface area contributed by atoms with Gasteiger partial charge in [-0.1, -0.05) is 73.2 Å². The van der Waals surface area contributed by atoms with Gasteiger partial charge in [0.1, 0.15) is 11.5 Å². The summed E-state index contributed by atoms with van der Waals surface area (Å²) in [6.07, 6.45) is 7.57. The van der Waals surface area contributed by atoms with E-state index in [4.69, 9.17) is 4.74 Å². The maximum absolute atomic E-state index is 5.95. The molecule has 0 saturated carbocycles. The molecule has 0 aromatic heterocycles. The minimum absolute atomic E-state index is 0.554. The van der Waals surface area contributed by atoms with Gasteiger partial charge < -0.3 is 4.74 Å². The largest absolute Gasteiger partial charge is 0.457 e. The van der Waals surface area contributed by atoms with Gasteiger partial charge >= 0.3 is 0 Å². The minimum Gasteiger partial charge on any atom is -0.457 e. The van der Waals surface area contributed by atoms with Crippen LogP contribution in [0, 0.1) is 0 Å². The van der Waals surface area contributed by atoms with E-state index in [9.17, 15) is 0 Å². The van der Waals surface area contributed by atoms with Crippen LogP contribution < -0.4 is 4.74 Å². The second-order valence-electron chi connectivity index (χ2n) is 8.15. The molecule has 0 radical (unpaired) electrons. The number of piperidine rings is 1. The number of para-hydroxylation sites is 1. The van der Waals surface area contributed by atoms with Crippen molar-refractivity contribution < 1.29 is 4.74 Å². The zero-order valence-corrected chi connectivity index (χ0v) is 16.7. The topological polar surface area (TPSA) is 12.5 Å². The number of hydrogen-bond donors (Lipinski definition) is 0. The van der Waals surface area contributed by atoms with Gasteiger partial charge in [0, 0.05) is 18.6 Å². The molecule has 5 rings (SSSR count). The molecule has 2 atom stereocenters. The van der Waals surface area contributed by atoms with Crippen molar-refractivity contribution >= 4 is 5.57 Å². The van der Waals surface area contributed by atoms with Crippen LogP contribution in [-0.2, 0) is 6.54 Å². The summed E-state index contributed by atoms with van der Waals surface area (Å²) in [4.78, 5) is 2.72. The molecule has 0 N–H and O–H groups in total. The molecular formula is C27H27NO. The summed E-state index contributed by atoms with van der Waals surface area (Å²) < 4.78 is 5.95. The highest BCUT2D eigenvalue weighted by Gasteiger charge is 2.33. The molecule has 0 amide bonds. The van der Waals surface area contributed by atoms with E-state index < -0.39 is 0 Å². The number of ether oxygens (including phenoxy) is 1. The van der Waals surface area contributed by atoms with Crippen molar-refractivity contribution in [2.45, 2.75) is 44.3 Å². The quantitative estimate of drug-likeness (QED) is 0.488. The van der Waals surface area contributed by atoms with Crippen LogP contribution in [0.2, 0.25) is 0 Å². The Balaban J connectivity index is 1.32. The Bertz CT molecular complexity index is 962. The highest BCUT2D eigenvalue weighted by molar-refractivity contribution is 5.68. The second kappa shape index (κ2) is 8.26. The van der Waals surface area contributed by atoms with Gasteiger partial charge in [-0.25, -0.2) is 0 Å².